The van der Waals surface area contributed by atoms with Gasteiger partial charge in [-0.3, -0.25) is 14.2 Å². The molecule has 0 spiro atoms. The van der Waals surface area contributed by atoms with Gasteiger partial charge < -0.3 is 9.73 Å². The van der Waals surface area contributed by atoms with Gasteiger partial charge in [0, 0.05) is 19.3 Å². The van der Waals surface area contributed by atoms with E-state index in [0.717, 1.165) is 0 Å². The molecule has 1 amide bonds. The Kier molecular flexibility index (Phi) is 4.17. The number of amides is 1. The number of nitrogens with one attached hydrogen (secondary N) is 1. The maximum atomic E-state index is 12.3. The van der Waals surface area contributed by atoms with Crippen LogP contribution in [0.5, 0.6) is 0 Å². The van der Waals surface area contributed by atoms with Gasteiger partial charge in [-0.1, -0.05) is 12.1 Å². The molecule has 3 heterocycles. The molecule has 1 N–H and O–H groups in total. The average Bonchev–Trinajstić information content (AvgIpc) is 3.14. The number of nitrogens with zero attached hydrogens (tertiary/aromatic N) is 5. The van der Waals surface area contributed by atoms with Crippen molar-refractivity contribution in [3.63, 3.8) is 0 Å². The Labute approximate surface area is 152 Å². The van der Waals surface area contributed by atoms with Crippen molar-refractivity contribution >= 4 is 17.0 Å². The van der Waals surface area contributed by atoms with Crippen LogP contribution in [0.1, 0.15) is 16.5 Å². The van der Waals surface area contributed by atoms with E-state index in [-0.39, 0.29) is 18.0 Å². The molecule has 0 aliphatic rings. The van der Waals surface area contributed by atoms with Gasteiger partial charge in [0.15, 0.2) is 5.58 Å². The van der Waals surface area contributed by atoms with Gasteiger partial charge in [0.2, 0.25) is 0 Å². The summed E-state index contributed by atoms with van der Waals surface area (Å²) in [6.07, 6.45) is 2.94. The van der Waals surface area contributed by atoms with Crippen LogP contribution in [0.2, 0.25) is 0 Å². The van der Waals surface area contributed by atoms with Gasteiger partial charge in [-0.2, -0.15) is 0 Å². The molecule has 9 nitrogen and oxygen atoms in total. The van der Waals surface area contributed by atoms with Crippen LogP contribution in [-0.4, -0.2) is 30.4 Å². The van der Waals surface area contributed by atoms with Gasteiger partial charge in [0.1, 0.15) is 17.7 Å². The molecule has 134 valence electrons. The van der Waals surface area contributed by atoms with Crippen LogP contribution in [0.15, 0.2) is 58.1 Å². The molecule has 0 fully saturated rings. The van der Waals surface area contributed by atoms with E-state index >= 15 is 0 Å². The van der Waals surface area contributed by atoms with Gasteiger partial charge in [-0.25, -0.2) is 19.9 Å². The van der Waals surface area contributed by atoms with Crippen molar-refractivity contribution in [1.82, 2.24) is 29.8 Å². The predicted octanol–water partition coefficient (Wildman–Crippen LogP) is 1.31. The molecule has 0 atom stereocenters. The van der Waals surface area contributed by atoms with Crippen LogP contribution in [0.25, 0.3) is 22.5 Å². The summed E-state index contributed by atoms with van der Waals surface area (Å²) in [7, 11) is 1.58. The molecule has 0 saturated heterocycles. The first-order chi connectivity index (χ1) is 13.1. The first kappa shape index (κ1) is 16.6. The average molecular weight is 362 g/mol. The minimum absolute atomic E-state index is 0.0300. The van der Waals surface area contributed by atoms with Crippen LogP contribution in [0.4, 0.5) is 0 Å². The molecule has 27 heavy (non-hydrogen) atoms. The number of carbonyl (C=O) groups excluding carboxylic acids is 1. The second-order valence-corrected chi connectivity index (χ2v) is 5.72. The molecule has 0 aliphatic heterocycles. The lowest BCUT2D eigenvalue weighted by molar-refractivity contribution is 0.0917. The number of fused-ring (bicyclic) bond motifs is 1. The topological polar surface area (TPSA) is 116 Å². The molecular weight excluding hydrogens is 348 g/mol. The molecule has 4 aromatic rings. The monoisotopic (exact) mass is 362 g/mol. The van der Waals surface area contributed by atoms with Crippen molar-refractivity contribution in [3.05, 3.63) is 71.0 Å². The van der Waals surface area contributed by atoms with E-state index in [4.69, 9.17) is 4.42 Å². The van der Waals surface area contributed by atoms with Gasteiger partial charge in [-0.05, 0) is 18.2 Å². The normalized spacial score (nSPS) is 10.9. The van der Waals surface area contributed by atoms with Gasteiger partial charge >= 0.3 is 5.91 Å². The molecule has 0 unspecified atom stereocenters. The summed E-state index contributed by atoms with van der Waals surface area (Å²) in [6.45, 7) is 0.0300. The molecule has 1 aromatic carbocycles. The third-order valence-electron chi connectivity index (χ3n) is 3.97. The van der Waals surface area contributed by atoms with Crippen molar-refractivity contribution < 1.29 is 9.21 Å². The fourth-order valence-electron chi connectivity index (χ4n) is 2.52. The maximum absolute atomic E-state index is 12.3. The lowest BCUT2D eigenvalue weighted by Crippen LogP contribution is -2.29. The van der Waals surface area contributed by atoms with Crippen LogP contribution in [-0.2, 0) is 13.6 Å². The summed E-state index contributed by atoms with van der Waals surface area (Å²) < 4.78 is 6.79. The summed E-state index contributed by atoms with van der Waals surface area (Å²) in [5.41, 5.74) is 1.79. The highest BCUT2D eigenvalue weighted by atomic mass is 16.4. The summed E-state index contributed by atoms with van der Waals surface area (Å²) in [6, 6.07) is 10.1. The van der Waals surface area contributed by atoms with E-state index in [2.05, 4.69) is 25.3 Å². The van der Waals surface area contributed by atoms with Crippen LogP contribution < -0.4 is 10.9 Å². The van der Waals surface area contributed by atoms with Gasteiger partial charge in [-0.15, -0.1) is 0 Å². The molecular formula is C18H14N6O3. The molecule has 9 heteroatoms. The first-order valence-electron chi connectivity index (χ1n) is 8.09. The highest BCUT2D eigenvalue weighted by Gasteiger charge is 2.15. The second-order valence-electron chi connectivity index (χ2n) is 5.72. The number of aromatic nitrogens is 5. The van der Waals surface area contributed by atoms with Crippen molar-refractivity contribution in [2.45, 2.75) is 6.54 Å². The third-order valence-corrected chi connectivity index (χ3v) is 3.97. The van der Waals surface area contributed by atoms with E-state index < -0.39 is 5.91 Å². The lowest BCUT2D eigenvalue weighted by atomic mass is 10.3. The Morgan fingerprint density at radius 3 is 2.81 bits per heavy atom. The van der Waals surface area contributed by atoms with Crippen LogP contribution in [0, 0.1) is 0 Å². The van der Waals surface area contributed by atoms with E-state index in [1.165, 1.54) is 17.0 Å². The summed E-state index contributed by atoms with van der Waals surface area (Å²) in [4.78, 5) is 41.0. The highest BCUT2D eigenvalue weighted by Crippen LogP contribution is 2.15. The fraction of sp³-hybridized carbons (Fsp3) is 0.111. The Morgan fingerprint density at radius 2 is 2.04 bits per heavy atom. The number of para-hydroxylation sites is 2. The molecule has 0 saturated carbocycles. The predicted molar refractivity (Wildman–Crippen MR) is 95.7 cm³/mol. The summed E-state index contributed by atoms with van der Waals surface area (Å²) in [5, 5.41) is 2.67. The minimum Gasteiger partial charge on any atom is -0.432 e. The van der Waals surface area contributed by atoms with E-state index in [1.807, 2.05) is 6.07 Å². The zero-order chi connectivity index (χ0) is 18.8. The number of benzene rings is 1. The molecule has 0 radical (unpaired) electrons. The lowest BCUT2D eigenvalue weighted by Gasteiger charge is -2.09. The maximum Gasteiger partial charge on any atom is 0.307 e. The number of rotatable bonds is 4. The SMILES string of the molecule is Cn1c(CNC(=O)c2nc3ccccc3o2)nc(-c2ccncn2)cc1=O. The molecule has 3 aromatic heterocycles. The van der Waals surface area contributed by atoms with Gasteiger partial charge in [0.25, 0.3) is 11.4 Å². The molecule has 4 rings (SSSR count). The largest absolute Gasteiger partial charge is 0.432 e. The second kappa shape index (κ2) is 6.79. The van der Waals surface area contributed by atoms with E-state index in [9.17, 15) is 9.59 Å². The quantitative estimate of drug-likeness (QED) is 0.582. The fourth-order valence-corrected chi connectivity index (χ4v) is 2.52. The Morgan fingerprint density at radius 1 is 1.19 bits per heavy atom. The summed E-state index contributed by atoms with van der Waals surface area (Å²) in [5.74, 6) is -0.165. The summed E-state index contributed by atoms with van der Waals surface area (Å²) >= 11 is 0. The zero-order valence-corrected chi connectivity index (χ0v) is 14.3. The van der Waals surface area contributed by atoms with Crippen molar-refractivity contribution in [3.8, 4) is 11.4 Å². The molecule has 0 aliphatic carbocycles. The van der Waals surface area contributed by atoms with Crippen LogP contribution in [0.3, 0.4) is 0 Å². The Bertz CT molecular complexity index is 1150. The van der Waals surface area contributed by atoms with E-state index in [0.29, 0.717) is 28.3 Å². The molecule has 0 bridgehead atoms. The Hall–Kier alpha value is -3.88. The van der Waals surface area contributed by atoms with Gasteiger partial charge in [0.05, 0.1) is 17.9 Å². The van der Waals surface area contributed by atoms with Crippen molar-refractivity contribution in [2.24, 2.45) is 7.05 Å². The number of hydrogen-bond donors (Lipinski definition) is 1. The number of oxazole rings is 1. The van der Waals surface area contributed by atoms with Crippen molar-refractivity contribution in [1.29, 1.82) is 0 Å². The number of hydrogen-bond acceptors (Lipinski definition) is 7. The minimum atomic E-state index is -0.493. The smallest absolute Gasteiger partial charge is 0.307 e. The Balaban J connectivity index is 1.58. The first-order valence-corrected chi connectivity index (χ1v) is 8.09. The number of carbonyl (C=O) groups is 1. The highest BCUT2D eigenvalue weighted by molar-refractivity contribution is 5.92. The zero-order valence-electron chi connectivity index (χ0n) is 14.3. The van der Waals surface area contributed by atoms with E-state index in [1.54, 1.807) is 37.5 Å². The van der Waals surface area contributed by atoms with Crippen LogP contribution >= 0.6 is 0 Å². The standard InChI is InChI=1S/C18H14N6O3/c1-24-15(22-13(8-16(24)25)11-6-7-19-10-21-11)9-20-17(26)18-23-12-4-2-3-5-14(12)27-18/h2-8,10H,9H2,1H3,(H,20,26). The van der Waals surface area contributed by atoms with Crippen molar-refractivity contribution in [2.75, 3.05) is 0 Å². The third kappa shape index (κ3) is 3.30.